The van der Waals surface area contributed by atoms with Gasteiger partial charge in [0.15, 0.2) is 24.5 Å². The molecule has 1 N–H and O–H groups in total. The molecule has 2 aliphatic rings. The van der Waals surface area contributed by atoms with Crippen molar-refractivity contribution in [3.05, 3.63) is 47.8 Å². The molecule has 0 unspecified atom stereocenters. The standard InChI is InChI=1S/C33H29N5O11/c1-13(39)45-12-19-26(46-14(2)40)27(47-15(3)41)28(48-16(4)42)33(49-19)38-25-21(18-9-7-11-35-30(18)38)23-22(31(43)37(5)32(23)44)20-17-8-6-10-34-29(17)36-24(20)25/h6-11,19,26-28,33H,12H2,1-5H3,(H,34,36)/t19-,26-,27+,28-,33-/m1/s1. The molecule has 2 amide bonds. The Labute approximate surface area is 276 Å². The fraction of sp³-hybridized carbons (Fsp3) is 0.333. The number of aromatic amines is 1. The molecule has 6 heterocycles. The lowest BCUT2D eigenvalue weighted by Crippen LogP contribution is -2.60. The lowest BCUT2D eigenvalue weighted by molar-refractivity contribution is -0.267. The molecular formula is C33H29N5O11. The summed E-state index contributed by atoms with van der Waals surface area (Å²) in [6.45, 7) is 4.14. The van der Waals surface area contributed by atoms with E-state index >= 15 is 0 Å². The minimum absolute atomic E-state index is 0.127. The van der Waals surface area contributed by atoms with Gasteiger partial charge in [-0.1, -0.05) is 0 Å². The number of aromatic nitrogens is 4. The summed E-state index contributed by atoms with van der Waals surface area (Å²) in [5.41, 5.74) is 1.70. The molecule has 0 aliphatic carbocycles. The first-order valence-electron chi connectivity index (χ1n) is 15.2. The normalized spacial score (nSPS) is 22.1. The summed E-state index contributed by atoms with van der Waals surface area (Å²) in [5.74, 6) is -4.06. The highest BCUT2D eigenvalue weighted by Gasteiger charge is 2.54. The molecule has 0 bridgehead atoms. The summed E-state index contributed by atoms with van der Waals surface area (Å²) in [7, 11) is 1.40. The van der Waals surface area contributed by atoms with Gasteiger partial charge in [0.05, 0.1) is 22.2 Å². The number of nitrogens with one attached hydrogen (secondary N) is 1. The summed E-state index contributed by atoms with van der Waals surface area (Å²) >= 11 is 0. The zero-order valence-electron chi connectivity index (χ0n) is 26.8. The SMILES string of the molecule is CC(=O)OC[C@H]1O[C@@H](n2c3ncccc3c3c4c(c5c6cccnc6[nH]c5c32)C(=O)N(C)C4=O)[C@H](OC(C)=O)[C@@H](OC(C)=O)[C@@H]1OC(C)=O. The van der Waals surface area contributed by atoms with Gasteiger partial charge in [0.2, 0.25) is 0 Å². The molecule has 5 atom stereocenters. The van der Waals surface area contributed by atoms with E-state index in [1.807, 2.05) is 0 Å². The number of nitrogens with zero attached hydrogens (tertiary/aromatic N) is 4. The molecule has 1 saturated heterocycles. The lowest BCUT2D eigenvalue weighted by Gasteiger charge is -2.45. The third-order valence-electron chi connectivity index (χ3n) is 8.58. The van der Waals surface area contributed by atoms with Gasteiger partial charge in [0.25, 0.3) is 11.8 Å². The van der Waals surface area contributed by atoms with Crippen LogP contribution in [0.2, 0.25) is 0 Å². The Bertz CT molecular complexity index is 2270. The quantitative estimate of drug-likeness (QED) is 0.157. The van der Waals surface area contributed by atoms with Gasteiger partial charge in [-0.3, -0.25) is 38.2 Å². The first-order chi connectivity index (χ1) is 23.4. The second-order valence-electron chi connectivity index (χ2n) is 11.8. The Morgan fingerprint density at radius 3 is 2.04 bits per heavy atom. The van der Waals surface area contributed by atoms with Crippen molar-refractivity contribution in [3.63, 3.8) is 0 Å². The molecule has 4 aromatic heterocycles. The second kappa shape index (κ2) is 11.7. The fourth-order valence-electron chi connectivity index (χ4n) is 6.86. The number of carbonyl (C=O) groups is 6. The summed E-state index contributed by atoms with van der Waals surface area (Å²) in [6.07, 6.45) is -3.92. The van der Waals surface area contributed by atoms with Crippen molar-refractivity contribution < 1.29 is 52.5 Å². The van der Waals surface area contributed by atoms with Crippen LogP contribution in [-0.4, -0.2) is 98.2 Å². The Morgan fingerprint density at radius 2 is 1.39 bits per heavy atom. The Kier molecular flexibility index (Phi) is 7.54. The first-order valence-corrected chi connectivity index (χ1v) is 15.2. The van der Waals surface area contributed by atoms with E-state index in [2.05, 4.69) is 15.0 Å². The minimum atomic E-state index is -1.48. The predicted molar refractivity (Wildman–Crippen MR) is 168 cm³/mol. The Balaban J connectivity index is 1.61. The minimum Gasteiger partial charge on any atom is -0.463 e. The van der Waals surface area contributed by atoms with Crippen molar-refractivity contribution in [2.75, 3.05) is 13.7 Å². The Morgan fingerprint density at radius 1 is 0.796 bits per heavy atom. The number of fused-ring (bicyclic) bond motifs is 10. The number of ether oxygens (including phenoxy) is 5. The number of benzene rings is 1. The molecule has 16 nitrogen and oxygen atoms in total. The molecule has 1 aromatic carbocycles. The number of hydrogen-bond acceptors (Lipinski definition) is 13. The van der Waals surface area contributed by atoms with E-state index in [0.717, 1.165) is 25.7 Å². The van der Waals surface area contributed by atoms with Crippen molar-refractivity contribution in [1.82, 2.24) is 24.4 Å². The van der Waals surface area contributed by atoms with Crippen LogP contribution in [0.5, 0.6) is 0 Å². The van der Waals surface area contributed by atoms with Crippen LogP contribution in [0.1, 0.15) is 54.6 Å². The maximum Gasteiger partial charge on any atom is 0.303 e. The van der Waals surface area contributed by atoms with Gasteiger partial charge >= 0.3 is 23.9 Å². The van der Waals surface area contributed by atoms with E-state index < -0.39 is 72.9 Å². The van der Waals surface area contributed by atoms with E-state index in [0.29, 0.717) is 38.2 Å². The van der Waals surface area contributed by atoms with Crippen LogP contribution >= 0.6 is 0 Å². The van der Waals surface area contributed by atoms with Gasteiger partial charge in [-0.15, -0.1) is 0 Å². The zero-order valence-corrected chi connectivity index (χ0v) is 26.8. The van der Waals surface area contributed by atoms with Crippen LogP contribution in [0.25, 0.3) is 43.9 Å². The molecule has 16 heteroatoms. The van der Waals surface area contributed by atoms with Crippen molar-refractivity contribution in [2.24, 2.45) is 0 Å². The smallest absolute Gasteiger partial charge is 0.303 e. The summed E-state index contributed by atoms with van der Waals surface area (Å²) in [4.78, 5) is 90.5. The van der Waals surface area contributed by atoms with Gasteiger partial charge in [-0.25, -0.2) is 9.97 Å². The van der Waals surface area contributed by atoms with Crippen LogP contribution < -0.4 is 0 Å². The number of rotatable bonds is 6. The van der Waals surface area contributed by atoms with Crippen LogP contribution in [0.4, 0.5) is 0 Å². The lowest BCUT2D eigenvalue weighted by atomic mass is 9.96. The van der Waals surface area contributed by atoms with Gasteiger partial charge in [0, 0.05) is 68.7 Å². The summed E-state index contributed by atoms with van der Waals surface area (Å²) < 4.78 is 30.5. The second-order valence-corrected chi connectivity index (χ2v) is 11.8. The summed E-state index contributed by atoms with van der Waals surface area (Å²) in [5, 5.41) is 1.79. The van der Waals surface area contributed by atoms with Crippen molar-refractivity contribution >= 4 is 79.6 Å². The van der Waals surface area contributed by atoms with Crippen LogP contribution in [0, 0.1) is 0 Å². The predicted octanol–water partition coefficient (Wildman–Crippen LogP) is 2.70. The van der Waals surface area contributed by atoms with E-state index in [9.17, 15) is 28.8 Å². The highest BCUT2D eigenvalue weighted by molar-refractivity contribution is 6.38. The van der Waals surface area contributed by atoms with E-state index in [4.69, 9.17) is 23.7 Å². The fourth-order valence-corrected chi connectivity index (χ4v) is 6.86. The van der Waals surface area contributed by atoms with Crippen molar-refractivity contribution in [1.29, 1.82) is 0 Å². The highest BCUT2D eigenvalue weighted by atomic mass is 16.7. The number of pyridine rings is 2. The van der Waals surface area contributed by atoms with Crippen molar-refractivity contribution in [2.45, 2.75) is 58.3 Å². The van der Waals surface area contributed by atoms with Crippen LogP contribution in [0.3, 0.4) is 0 Å². The largest absolute Gasteiger partial charge is 0.463 e. The third kappa shape index (κ3) is 4.94. The van der Waals surface area contributed by atoms with Gasteiger partial charge in [-0.2, -0.15) is 0 Å². The number of H-pyrrole nitrogens is 1. The average molecular weight is 672 g/mol. The molecule has 7 rings (SSSR count). The first kappa shape index (κ1) is 31.7. The van der Waals surface area contributed by atoms with Gasteiger partial charge in [0.1, 0.15) is 24.0 Å². The number of imide groups is 1. The molecule has 1 fully saturated rings. The maximum atomic E-state index is 13.9. The third-order valence-corrected chi connectivity index (χ3v) is 8.58. The van der Waals surface area contributed by atoms with Gasteiger partial charge in [-0.05, 0) is 24.3 Å². The molecular weight excluding hydrogens is 642 g/mol. The van der Waals surface area contributed by atoms with Gasteiger partial charge < -0.3 is 28.7 Å². The molecule has 2 aliphatic heterocycles. The monoisotopic (exact) mass is 671 g/mol. The van der Waals surface area contributed by atoms with Crippen molar-refractivity contribution in [3.8, 4) is 0 Å². The topological polar surface area (TPSA) is 198 Å². The molecule has 0 saturated carbocycles. The Hall–Kier alpha value is -5.90. The molecule has 5 aromatic rings. The summed E-state index contributed by atoms with van der Waals surface area (Å²) in [6, 6.07) is 6.85. The van der Waals surface area contributed by atoms with Crippen LogP contribution in [-0.2, 0) is 42.9 Å². The number of esters is 4. The van der Waals surface area contributed by atoms with E-state index in [1.54, 1.807) is 35.0 Å². The number of hydrogen-bond donors (Lipinski definition) is 1. The molecule has 252 valence electrons. The zero-order chi connectivity index (χ0) is 34.9. The molecule has 0 radical (unpaired) electrons. The average Bonchev–Trinajstić information content (AvgIpc) is 3.66. The molecule has 49 heavy (non-hydrogen) atoms. The number of amides is 2. The maximum absolute atomic E-state index is 13.9. The van der Waals surface area contributed by atoms with E-state index in [-0.39, 0.29) is 16.8 Å². The number of carbonyl (C=O) groups excluding carboxylic acids is 6. The van der Waals surface area contributed by atoms with Crippen LogP contribution in [0.15, 0.2) is 36.7 Å². The highest BCUT2D eigenvalue weighted by Crippen LogP contribution is 2.47. The molecule has 0 spiro atoms. The van der Waals surface area contributed by atoms with E-state index in [1.165, 1.54) is 20.2 Å².